The van der Waals surface area contributed by atoms with Crippen LogP contribution < -0.4 is 0 Å². The molecule has 0 saturated heterocycles. The molecule has 0 aliphatic rings. The molecule has 2 aromatic heterocycles. The average Bonchev–Trinajstić information content (AvgIpc) is 2.17. The molecule has 2 rings (SSSR count). The molecule has 0 saturated carbocycles. The second kappa shape index (κ2) is 2.51. The minimum atomic E-state index is 0.253. The Morgan fingerprint density at radius 3 is 2.58 bits per heavy atom. The standard InChI is InChI=1S/C7H3N5/c8-3-5-4-11-6-7(12-5)10-2-1-9-6/h1-2,4H. The van der Waals surface area contributed by atoms with Crippen LogP contribution in [0.15, 0.2) is 18.6 Å². The fourth-order valence-electron chi connectivity index (χ4n) is 0.812. The Morgan fingerprint density at radius 1 is 1.08 bits per heavy atom. The lowest BCUT2D eigenvalue weighted by Gasteiger charge is -1.91. The minimum absolute atomic E-state index is 0.253. The Balaban J connectivity index is 2.78. The Kier molecular flexibility index (Phi) is 1.38. The van der Waals surface area contributed by atoms with Crippen LogP contribution in [0.25, 0.3) is 11.3 Å². The maximum Gasteiger partial charge on any atom is 0.199 e. The summed E-state index contributed by atoms with van der Waals surface area (Å²) in [5.41, 5.74) is 1.11. The van der Waals surface area contributed by atoms with Gasteiger partial charge in [-0.05, 0) is 0 Å². The third-order valence-corrected chi connectivity index (χ3v) is 1.31. The molecule has 0 aromatic carbocycles. The highest BCUT2D eigenvalue weighted by Crippen LogP contribution is 2.00. The van der Waals surface area contributed by atoms with Crippen LogP contribution in [0.3, 0.4) is 0 Å². The van der Waals surface area contributed by atoms with Crippen LogP contribution in [0.4, 0.5) is 0 Å². The van der Waals surface area contributed by atoms with Gasteiger partial charge in [-0.3, -0.25) is 0 Å². The highest BCUT2D eigenvalue weighted by molar-refractivity contribution is 5.63. The fourth-order valence-corrected chi connectivity index (χ4v) is 0.812. The van der Waals surface area contributed by atoms with Gasteiger partial charge in [0.15, 0.2) is 17.0 Å². The summed E-state index contributed by atoms with van der Waals surface area (Å²) in [6.07, 6.45) is 4.41. The first-order valence-electron chi connectivity index (χ1n) is 3.24. The van der Waals surface area contributed by atoms with E-state index in [1.807, 2.05) is 6.07 Å². The summed E-state index contributed by atoms with van der Waals surface area (Å²) in [6, 6.07) is 1.88. The minimum Gasteiger partial charge on any atom is -0.232 e. The van der Waals surface area contributed by atoms with E-state index in [1.54, 1.807) is 0 Å². The van der Waals surface area contributed by atoms with Gasteiger partial charge in [0.2, 0.25) is 0 Å². The van der Waals surface area contributed by atoms with Crippen LogP contribution in [0.2, 0.25) is 0 Å². The van der Waals surface area contributed by atoms with E-state index in [0.717, 1.165) is 0 Å². The van der Waals surface area contributed by atoms with Crippen molar-refractivity contribution in [3.05, 3.63) is 24.3 Å². The molecule has 0 atom stereocenters. The normalized spacial score (nSPS) is 9.58. The van der Waals surface area contributed by atoms with Gasteiger partial charge >= 0.3 is 0 Å². The molecule has 5 heteroatoms. The van der Waals surface area contributed by atoms with Gasteiger partial charge in [-0.2, -0.15) is 5.26 Å². The van der Waals surface area contributed by atoms with E-state index < -0.39 is 0 Å². The Morgan fingerprint density at radius 2 is 1.83 bits per heavy atom. The number of nitrogens with zero attached hydrogens (tertiary/aromatic N) is 5. The van der Waals surface area contributed by atoms with E-state index in [1.165, 1.54) is 18.6 Å². The zero-order valence-corrected chi connectivity index (χ0v) is 5.97. The molecule has 0 amide bonds. The van der Waals surface area contributed by atoms with Gasteiger partial charge in [0.25, 0.3) is 0 Å². The van der Waals surface area contributed by atoms with Crippen molar-refractivity contribution in [3.8, 4) is 6.07 Å². The molecule has 2 aromatic rings. The molecule has 2 heterocycles. The van der Waals surface area contributed by atoms with Crippen LogP contribution in [0, 0.1) is 11.3 Å². The summed E-state index contributed by atoms with van der Waals surface area (Å²) < 4.78 is 0. The Hall–Kier alpha value is -2.09. The van der Waals surface area contributed by atoms with Crippen molar-refractivity contribution in [1.82, 2.24) is 19.9 Å². The first-order valence-corrected chi connectivity index (χ1v) is 3.24. The molecule has 5 nitrogen and oxygen atoms in total. The van der Waals surface area contributed by atoms with E-state index >= 15 is 0 Å². The fraction of sp³-hybridized carbons (Fsp3) is 0. The molecule has 0 N–H and O–H groups in total. The molecule has 0 aliphatic heterocycles. The number of rotatable bonds is 0. The number of aromatic nitrogens is 4. The summed E-state index contributed by atoms with van der Waals surface area (Å²) in [5.74, 6) is 0. The molecule has 12 heavy (non-hydrogen) atoms. The second-order valence-corrected chi connectivity index (χ2v) is 2.07. The third kappa shape index (κ3) is 0.953. The highest BCUT2D eigenvalue weighted by Gasteiger charge is 1.98. The van der Waals surface area contributed by atoms with Crippen LogP contribution >= 0.6 is 0 Å². The smallest absolute Gasteiger partial charge is 0.199 e. The van der Waals surface area contributed by atoms with Crippen molar-refractivity contribution in [2.24, 2.45) is 0 Å². The van der Waals surface area contributed by atoms with Crippen molar-refractivity contribution >= 4 is 11.3 Å². The molecule has 56 valence electrons. The number of fused-ring (bicyclic) bond motifs is 1. The molecular formula is C7H3N5. The Labute approximate surface area is 67.7 Å². The lowest BCUT2D eigenvalue weighted by atomic mass is 10.5. The summed E-state index contributed by atoms with van der Waals surface area (Å²) in [6.45, 7) is 0. The van der Waals surface area contributed by atoms with E-state index in [-0.39, 0.29) is 5.69 Å². The average molecular weight is 157 g/mol. The third-order valence-electron chi connectivity index (χ3n) is 1.31. The van der Waals surface area contributed by atoms with Crippen LogP contribution in [0.1, 0.15) is 5.69 Å². The van der Waals surface area contributed by atoms with Crippen molar-refractivity contribution in [1.29, 1.82) is 5.26 Å². The molecule has 0 unspecified atom stereocenters. The van der Waals surface area contributed by atoms with E-state index in [2.05, 4.69) is 19.9 Å². The van der Waals surface area contributed by atoms with Gasteiger partial charge in [0.05, 0.1) is 6.20 Å². The van der Waals surface area contributed by atoms with Gasteiger partial charge in [-0.25, -0.2) is 19.9 Å². The Bertz CT molecular complexity index is 459. The molecule has 0 bridgehead atoms. The van der Waals surface area contributed by atoms with Gasteiger partial charge in [0, 0.05) is 12.4 Å². The maximum atomic E-state index is 8.50. The van der Waals surface area contributed by atoms with Crippen molar-refractivity contribution in [3.63, 3.8) is 0 Å². The largest absolute Gasteiger partial charge is 0.232 e. The van der Waals surface area contributed by atoms with E-state index in [0.29, 0.717) is 11.3 Å². The van der Waals surface area contributed by atoms with Crippen LogP contribution in [-0.4, -0.2) is 19.9 Å². The molecule has 0 radical (unpaired) electrons. The number of nitriles is 1. The van der Waals surface area contributed by atoms with Gasteiger partial charge in [-0.15, -0.1) is 0 Å². The van der Waals surface area contributed by atoms with Gasteiger partial charge < -0.3 is 0 Å². The van der Waals surface area contributed by atoms with Gasteiger partial charge in [0.1, 0.15) is 6.07 Å². The molecule has 0 aliphatic carbocycles. The van der Waals surface area contributed by atoms with E-state index in [9.17, 15) is 0 Å². The lowest BCUT2D eigenvalue weighted by Crippen LogP contribution is -1.92. The maximum absolute atomic E-state index is 8.50. The van der Waals surface area contributed by atoms with Gasteiger partial charge in [-0.1, -0.05) is 0 Å². The summed E-state index contributed by atoms with van der Waals surface area (Å²) in [7, 11) is 0. The predicted octanol–water partition coefficient (Wildman–Crippen LogP) is 0.291. The first kappa shape index (κ1) is 6.61. The zero-order chi connectivity index (χ0) is 8.39. The quantitative estimate of drug-likeness (QED) is 0.549. The second-order valence-electron chi connectivity index (χ2n) is 2.07. The zero-order valence-electron chi connectivity index (χ0n) is 5.97. The lowest BCUT2D eigenvalue weighted by molar-refractivity contribution is 1.14. The van der Waals surface area contributed by atoms with Crippen LogP contribution in [0.5, 0.6) is 0 Å². The number of hydrogen-bond acceptors (Lipinski definition) is 5. The monoisotopic (exact) mass is 157 g/mol. The summed E-state index contributed by atoms with van der Waals surface area (Å²) in [5, 5.41) is 8.50. The molecule has 0 fully saturated rings. The number of hydrogen-bond donors (Lipinski definition) is 0. The SMILES string of the molecule is N#Cc1cnc2nccnc2n1. The first-order chi connectivity index (χ1) is 5.90. The molecule has 0 spiro atoms. The van der Waals surface area contributed by atoms with Crippen molar-refractivity contribution in [2.45, 2.75) is 0 Å². The summed E-state index contributed by atoms with van der Waals surface area (Å²) in [4.78, 5) is 15.6. The topological polar surface area (TPSA) is 75.3 Å². The molecular weight excluding hydrogens is 154 g/mol. The predicted molar refractivity (Wildman–Crippen MR) is 39.8 cm³/mol. The summed E-state index contributed by atoms with van der Waals surface area (Å²) >= 11 is 0. The van der Waals surface area contributed by atoms with Crippen molar-refractivity contribution < 1.29 is 0 Å². The van der Waals surface area contributed by atoms with Crippen LogP contribution in [-0.2, 0) is 0 Å². The van der Waals surface area contributed by atoms with Crippen molar-refractivity contribution in [2.75, 3.05) is 0 Å². The highest BCUT2D eigenvalue weighted by atomic mass is 15.0. The van der Waals surface area contributed by atoms with E-state index in [4.69, 9.17) is 5.26 Å².